The number of carbonyl (C=O) groups is 2. The first-order valence-corrected chi connectivity index (χ1v) is 8.81. The number of hydrogen-bond donors (Lipinski definition) is 2. The van der Waals surface area contributed by atoms with Gasteiger partial charge in [0.05, 0.1) is 5.41 Å². The van der Waals surface area contributed by atoms with Crippen molar-refractivity contribution in [2.75, 3.05) is 24.6 Å². The van der Waals surface area contributed by atoms with Crippen molar-refractivity contribution in [1.82, 2.24) is 10.2 Å². The molecule has 0 aliphatic carbocycles. The Morgan fingerprint density at radius 3 is 2.71 bits per heavy atom. The van der Waals surface area contributed by atoms with Gasteiger partial charge in [-0.1, -0.05) is 6.92 Å². The molecule has 1 saturated heterocycles. The third-order valence-corrected chi connectivity index (χ3v) is 5.37. The molecule has 0 bridgehead atoms. The number of rotatable bonds is 6. The average molecular weight is 316 g/mol. The second-order valence-electron chi connectivity index (χ2n) is 6.32. The van der Waals surface area contributed by atoms with Crippen LogP contribution in [0.1, 0.15) is 40.5 Å². The Kier molecular flexibility index (Phi) is 6.84. The Hall–Kier alpha value is -0.910. The second kappa shape index (κ2) is 7.92. The summed E-state index contributed by atoms with van der Waals surface area (Å²) in [5.74, 6) is 1.16. The van der Waals surface area contributed by atoms with Crippen LogP contribution in [-0.4, -0.2) is 52.6 Å². The largest absolute Gasteiger partial charge is 0.481 e. The Labute approximate surface area is 131 Å². The number of hydrogen-bond acceptors (Lipinski definition) is 3. The highest BCUT2D eigenvalue weighted by Gasteiger charge is 2.40. The van der Waals surface area contributed by atoms with Crippen molar-refractivity contribution in [3.8, 4) is 0 Å². The molecule has 2 N–H and O–H groups in total. The molecule has 122 valence electrons. The summed E-state index contributed by atoms with van der Waals surface area (Å²) in [6.45, 7) is 8.85. The van der Waals surface area contributed by atoms with E-state index in [0.717, 1.165) is 24.3 Å². The molecule has 21 heavy (non-hydrogen) atoms. The van der Waals surface area contributed by atoms with Crippen molar-refractivity contribution >= 4 is 23.8 Å². The average Bonchev–Trinajstić information content (AvgIpc) is 2.45. The summed E-state index contributed by atoms with van der Waals surface area (Å²) in [6.07, 6.45) is 1.73. The Morgan fingerprint density at radius 1 is 1.48 bits per heavy atom. The quantitative estimate of drug-likeness (QED) is 0.790. The minimum atomic E-state index is -0.789. The van der Waals surface area contributed by atoms with Crippen molar-refractivity contribution in [3.63, 3.8) is 0 Å². The Morgan fingerprint density at radius 2 is 2.14 bits per heavy atom. The van der Waals surface area contributed by atoms with Gasteiger partial charge in [-0.15, -0.1) is 0 Å². The van der Waals surface area contributed by atoms with E-state index >= 15 is 0 Å². The lowest BCUT2D eigenvalue weighted by Crippen LogP contribution is -2.51. The van der Waals surface area contributed by atoms with Gasteiger partial charge in [0.15, 0.2) is 0 Å². The fourth-order valence-corrected chi connectivity index (χ4v) is 3.24. The van der Waals surface area contributed by atoms with Crippen LogP contribution in [-0.2, 0) is 4.79 Å². The summed E-state index contributed by atoms with van der Waals surface area (Å²) in [4.78, 5) is 25.4. The molecule has 0 spiro atoms. The molecule has 0 saturated carbocycles. The maximum atomic E-state index is 12.3. The number of urea groups is 1. The van der Waals surface area contributed by atoms with E-state index in [4.69, 9.17) is 0 Å². The van der Waals surface area contributed by atoms with Gasteiger partial charge in [0.1, 0.15) is 0 Å². The standard InChI is InChI=1S/C15H28N2O3S/c1-5-21-10-11(2)16-14(20)17-8-6-7-12(9-17)15(3,4)13(18)19/h11-12H,5-10H2,1-4H3,(H,16,20)(H,18,19). The summed E-state index contributed by atoms with van der Waals surface area (Å²) < 4.78 is 0. The normalized spacial score (nSPS) is 21.0. The molecule has 1 rings (SSSR count). The zero-order valence-electron chi connectivity index (χ0n) is 13.5. The van der Waals surface area contributed by atoms with Crippen molar-refractivity contribution in [1.29, 1.82) is 0 Å². The van der Waals surface area contributed by atoms with Crippen LogP contribution >= 0.6 is 11.8 Å². The van der Waals surface area contributed by atoms with E-state index in [9.17, 15) is 14.7 Å². The van der Waals surface area contributed by atoms with Crippen LogP contribution < -0.4 is 5.32 Å². The number of carboxylic acids is 1. The van der Waals surface area contributed by atoms with E-state index < -0.39 is 11.4 Å². The first-order chi connectivity index (χ1) is 9.78. The lowest BCUT2D eigenvalue weighted by Gasteiger charge is -2.39. The molecule has 1 heterocycles. The highest BCUT2D eigenvalue weighted by molar-refractivity contribution is 7.99. The zero-order chi connectivity index (χ0) is 16.0. The predicted molar refractivity (Wildman–Crippen MR) is 86.7 cm³/mol. The molecule has 0 radical (unpaired) electrons. The molecular weight excluding hydrogens is 288 g/mol. The van der Waals surface area contributed by atoms with Crippen LogP contribution in [0.3, 0.4) is 0 Å². The summed E-state index contributed by atoms with van der Waals surface area (Å²) in [7, 11) is 0. The monoisotopic (exact) mass is 316 g/mol. The van der Waals surface area contributed by atoms with Crippen LogP contribution in [0.5, 0.6) is 0 Å². The van der Waals surface area contributed by atoms with E-state index in [2.05, 4.69) is 12.2 Å². The molecule has 1 fully saturated rings. The molecular formula is C15H28N2O3S. The van der Waals surface area contributed by atoms with Gasteiger partial charge in [0.25, 0.3) is 0 Å². The van der Waals surface area contributed by atoms with Gasteiger partial charge < -0.3 is 15.3 Å². The number of aliphatic carboxylic acids is 1. The van der Waals surface area contributed by atoms with Gasteiger partial charge in [-0.2, -0.15) is 11.8 Å². The number of piperidine rings is 1. The fourth-order valence-electron chi connectivity index (χ4n) is 2.56. The summed E-state index contributed by atoms with van der Waals surface area (Å²) in [5.41, 5.74) is -0.789. The van der Waals surface area contributed by atoms with E-state index in [-0.39, 0.29) is 18.0 Å². The second-order valence-corrected chi connectivity index (χ2v) is 7.64. The van der Waals surface area contributed by atoms with E-state index in [1.54, 1.807) is 30.5 Å². The van der Waals surface area contributed by atoms with Crippen LogP contribution in [0.25, 0.3) is 0 Å². The maximum Gasteiger partial charge on any atom is 0.317 e. The Bertz CT molecular complexity index is 374. The van der Waals surface area contributed by atoms with Crippen LogP contribution in [0.2, 0.25) is 0 Å². The minimum absolute atomic E-state index is 0.00910. The highest BCUT2D eigenvalue weighted by atomic mass is 32.2. The predicted octanol–water partition coefficient (Wildman–Crippen LogP) is 2.66. The molecule has 5 nitrogen and oxygen atoms in total. The van der Waals surface area contributed by atoms with Crippen LogP contribution in [0.4, 0.5) is 4.79 Å². The number of nitrogens with one attached hydrogen (secondary N) is 1. The van der Waals surface area contributed by atoms with Gasteiger partial charge in [-0.05, 0) is 45.3 Å². The van der Waals surface area contributed by atoms with E-state index in [1.807, 2.05) is 6.92 Å². The van der Waals surface area contributed by atoms with Gasteiger partial charge in [-0.3, -0.25) is 4.79 Å². The number of nitrogens with zero attached hydrogens (tertiary/aromatic N) is 1. The molecule has 1 aliphatic rings. The number of likely N-dealkylation sites (tertiary alicyclic amines) is 1. The van der Waals surface area contributed by atoms with Crippen LogP contribution in [0.15, 0.2) is 0 Å². The first-order valence-electron chi connectivity index (χ1n) is 7.65. The third kappa shape index (κ3) is 5.09. The lowest BCUT2D eigenvalue weighted by molar-refractivity contribution is -0.151. The molecule has 2 unspecified atom stereocenters. The van der Waals surface area contributed by atoms with E-state index in [0.29, 0.717) is 13.1 Å². The fraction of sp³-hybridized carbons (Fsp3) is 0.867. The van der Waals surface area contributed by atoms with Crippen LogP contribution in [0, 0.1) is 11.3 Å². The molecule has 2 amide bonds. The smallest absolute Gasteiger partial charge is 0.317 e. The SMILES string of the molecule is CCSCC(C)NC(=O)N1CCCC(C(C)(C)C(=O)O)C1. The topological polar surface area (TPSA) is 69.6 Å². The third-order valence-electron chi connectivity index (χ3n) is 4.22. The first kappa shape index (κ1) is 18.1. The molecule has 0 aromatic rings. The molecule has 0 aromatic heterocycles. The number of amides is 2. The van der Waals surface area contributed by atoms with Crippen molar-refractivity contribution in [2.45, 2.75) is 46.6 Å². The molecule has 1 aliphatic heterocycles. The van der Waals surface area contributed by atoms with E-state index in [1.165, 1.54) is 0 Å². The molecule has 2 atom stereocenters. The summed E-state index contributed by atoms with van der Waals surface area (Å²) in [6, 6.07) is 0.0698. The van der Waals surface area contributed by atoms with Gasteiger partial charge >= 0.3 is 12.0 Å². The van der Waals surface area contributed by atoms with Crippen molar-refractivity contribution < 1.29 is 14.7 Å². The maximum absolute atomic E-state index is 12.3. The number of thioether (sulfide) groups is 1. The zero-order valence-corrected chi connectivity index (χ0v) is 14.3. The van der Waals surface area contributed by atoms with Gasteiger partial charge in [-0.25, -0.2) is 4.79 Å². The molecule has 6 heteroatoms. The Balaban J connectivity index is 2.56. The van der Waals surface area contributed by atoms with Crippen molar-refractivity contribution in [3.05, 3.63) is 0 Å². The highest BCUT2D eigenvalue weighted by Crippen LogP contribution is 2.34. The lowest BCUT2D eigenvalue weighted by atomic mass is 9.74. The van der Waals surface area contributed by atoms with Gasteiger partial charge in [0, 0.05) is 24.9 Å². The molecule has 0 aromatic carbocycles. The van der Waals surface area contributed by atoms with Crippen molar-refractivity contribution in [2.24, 2.45) is 11.3 Å². The number of carboxylic acid groups (broad SMARTS) is 1. The number of carbonyl (C=O) groups excluding carboxylic acids is 1. The summed E-state index contributed by atoms with van der Waals surface area (Å²) >= 11 is 1.80. The van der Waals surface area contributed by atoms with Gasteiger partial charge in [0.2, 0.25) is 0 Å². The summed E-state index contributed by atoms with van der Waals surface area (Å²) in [5, 5.41) is 12.3. The minimum Gasteiger partial charge on any atom is -0.481 e.